The molecule has 4 heterocycles. The van der Waals surface area contributed by atoms with Crippen molar-refractivity contribution >= 4 is 11.4 Å². The highest BCUT2D eigenvalue weighted by Gasteiger charge is 2.23. The number of aryl methyl sites for hydroxylation is 1. The largest absolute Gasteiger partial charge is 0.492 e. The van der Waals surface area contributed by atoms with E-state index in [-0.39, 0.29) is 44.4 Å². The molecule has 5 aromatic carbocycles. The van der Waals surface area contributed by atoms with E-state index in [1.165, 1.54) is 83.6 Å². The number of aromatic nitrogens is 3. The van der Waals surface area contributed by atoms with Crippen molar-refractivity contribution in [3.63, 3.8) is 0 Å². The van der Waals surface area contributed by atoms with Crippen LogP contribution in [0.5, 0.6) is 11.5 Å². The summed E-state index contributed by atoms with van der Waals surface area (Å²) in [5.74, 6) is 1.68. The molecule has 12 nitrogen and oxygen atoms in total. The first-order valence-corrected chi connectivity index (χ1v) is 37.2. The molecule has 0 radical (unpaired) electrons. The molecule has 0 atom stereocenters. The molecule has 2 fully saturated rings. The number of nitrogens with one attached hydrogen (secondary N) is 1. The Bertz CT molecular complexity index is 3480. The number of benzene rings is 5. The second-order valence-corrected chi connectivity index (χ2v) is 34.6. The fraction of sp³-hybridized carbons (Fsp3) is 0.557. The summed E-state index contributed by atoms with van der Waals surface area (Å²) in [6.07, 6.45) is 10.3. The number of rotatable bonds is 17. The van der Waals surface area contributed by atoms with E-state index in [4.69, 9.17) is 9.47 Å². The van der Waals surface area contributed by atoms with E-state index in [2.05, 4.69) is 292 Å². The first-order chi connectivity index (χ1) is 47.5. The lowest BCUT2D eigenvalue weighted by molar-refractivity contribution is 0.237. The monoisotopic (exact) mass is 1400 g/mol. The Hall–Kier alpha value is -6.81. The number of hydrogen-bond donors (Lipinski definition) is 1. The van der Waals surface area contributed by atoms with E-state index >= 15 is 0 Å². The Morgan fingerprint density at radius 1 is 0.461 bits per heavy atom. The molecule has 2 aliphatic heterocycles. The van der Waals surface area contributed by atoms with Crippen LogP contribution in [0, 0.1) is 18.6 Å². The topological polar surface area (TPSA) is 88.6 Å². The maximum atomic E-state index is 14.1. The van der Waals surface area contributed by atoms with Crippen molar-refractivity contribution in [3.8, 4) is 22.9 Å². The number of likely N-dealkylation sites (N-methyl/N-ethyl adjacent to an activating group) is 4. The summed E-state index contributed by atoms with van der Waals surface area (Å²) in [4.78, 5) is 26.6. The lowest BCUT2D eigenvalue weighted by Gasteiger charge is -2.34. The summed E-state index contributed by atoms with van der Waals surface area (Å²) in [7, 11) is 14.6. The van der Waals surface area contributed by atoms with E-state index in [0.29, 0.717) is 24.5 Å². The van der Waals surface area contributed by atoms with Crippen LogP contribution in [0.25, 0.3) is 11.4 Å². The summed E-state index contributed by atoms with van der Waals surface area (Å²) in [6.45, 7) is 53.8. The summed E-state index contributed by atoms with van der Waals surface area (Å²) in [5, 5.41) is 3.02. The Morgan fingerprint density at radius 3 is 1.42 bits per heavy atom. The number of nitrogens with zero attached hydrogens (tertiary/aromatic N) is 9. The molecule has 2 aromatic heterocycles. The third-order valence-electron chi connectivity index (χ3n) is 18.0. The van der Waals surface area contributed by atoms with Gasteiger partial charge in [0.15, 0.2) is 11.6 Å². The van der Waals surface area contributed by atoms with Crippen LogP contribution in [0.3, 0.4) is 0 Å². The highest BCUT2D eigenvalue weighted by molar-refractivity contribution is 5.56. The van der Waals surface area contributed by atoms with Crippen molar-refractivity contribution in [1.82, 2.24) is 39.5 Å². The number of pyridine rings is 1. The van der Waals surface area contributed by atoms with Gasteiger partial charge in [-0.3, -0.25) is 4.98 Å². The quantitative estimate of drug-likeness (QED) is 0.0942. The fourth-order valence-electron chi connectivity index (χ4n) is 11.0. The highest BCUT2D eigenvalue weighted by Crippen LogP contribution is 2.32. The zero-order valence-electron chi connectivity index (χ0n) is 68.4. The summed E-state index contributed by atoms with van der Waals surface area (Å²) >= 11 is 0. The molecule has 0 amide bonds. The van der Waals surface area contributed by atoms with E-state index in [1.807, 2.05) is 54.1 Å². The van der Waals surface area contributed by atoms with Crippen LogP contribution in [-0.2, 0) is 38.9 Å². The number of halogens is 2. The zero-order chi connectivity index (χ0) is 76.2. The molecule has 102 heavy (non-hydrogen) atoms. The average Bonchev–Trinajstić information content (AvgIpc) is 0.839. The number of piperidine rings is 1. The Morgan fingerprint density at radius 2 is 0.941 bits per heavy atom. The van der Waals surface area contributed by atoms with Gasteiger partial charge in [-0.25, -0.2) is 18.7 Å². The maximum absolute atomic E-state index is 14.1. The predicted octanol–water partition coefficient (Wildman–Crippen LogP) is 19.0. The van der Waals surface area contributed by atoms with Gasteiger partial charge in [-0.05, 0) is 203 Å². The molecule has 0 bridgehead atoms. The van der Waals surface area contributed by atoms with E-state index in [0.717, 1.165) is 88.2 Å². The maximum Gasteiger partial charge on any atom is 0.159 e. The van der Waals surface area contributed by atoms with Gasteiger partial charge < -0.3 is 44.2 Å². The lowest BCUT2D eigenvalue weighted by atomic mass is 9.86. The predicted molar refractivity (Wildman–Crippen MR) is 433 cm³/mol. The van der Waals surface area contributed by atoms with Crippen molar-refractivity contribution in [1.29, 1.82) is 0 Å². The Kier molecular flexibility index (Phi) is 35.2. The molecule has 7 aromatic rings. The van der Waals surface area contributed by atoms with Crippen LogP contribution in [0.2, 0.25) is 0 Å². The standard InChI is InChI=1S/C18H25N3O.C17H26F2N2.C15H24N2.C14H23NO.C14H23N.C10H15N/c1-18(2,3)15-8-6-14(7-9-15)17-19-12-16(13-20-17)22-11-10-21(4)5;1-17(2,3)13-11-15(19)16(12-14(13)18)20-7-10-21-8-5-4-6-9-21;1-15(2,3)13-6-5-7-14(12-13)17-10-8-16(4)9-11-17;1-14(2,3)12-7-6-8-13(11-12)16-10-9-15(4)5;1-14(2,3)13-8-6-12(7-9-13)10-11-15(4)5;1-8-7-9(5-6-11-8)10(2,3)4/h6-9,12-13H,10-11H2,1-5H3;11-12,20H,4-10H2,1-3H3;5-7,12H,8-11H2,1-4H3;6-8,11H,9-10H2,1-5H3;6-9H,10-11H2,1-5H3;5-7H,1-4H3. The summed E-state index contributed by atoms with van der Waals surface area (Å²) in [5.41, 5.74) is 13.1. The number of ether oxygens (including phenoxy) is 2. The van der Waals surface area contributed by atoms with Gasteiger partial charge in [-0.1, -0.05) is 204 Å². The molecule has 9 rings (SSSR count). The first-order valence-electron chi connectivity index (χ1n) is 37.2. The van der Waals surface area contributed by atoms with Crippen molar-refractivity contribution in [2.75, 3.05) is 145 Å². The molecule has 0 spiro atoms. The molecule has 1 N–H and O–H groups in total. The molecule has 2 aliphatic rings. The number of anilines is 2. The van der Waals surface area contributed by atoms with Crippen molar-refractivity contribution in [3.05, 3.63) is 196 Å². The molecule has 14 heteroatoms. The van der Waals surface area contributed by atoms with Crippen LogP contribution in [-0.4, -0.2) is 174 Å². The molecule has 0 saturated carbocycles. The number of piperazine rings is 1. The minimum Gasteiger partial charge on any atom is -0.492 e. The van der Waals surface area contributed by atoms with Gasteiger partial charge in [0.2, 0.25) is 0 Å². The average molecular weight is 1400 g/mol. The van der Waals surface area contributed by atoms with Crippen LogP contribution in [0.1, 0.15) is 189 Å². The number of hydrogen-bond acceptors (Lipinski definition) is 12. The van der Waals surface area contributed by atoms with Crippen LogP contribution >= 0.6 is 0 Å². The van der Waals surface area contributed by atoms with Gasteiger partial charge in [0.1, 0.15) is 30.6 Å². The Balaban J connectivity index is 0.000000263. The second kappa shape index (κ2) is 41.0. The molecule has 0 unspecified atom stereocenters. The van der Waals surface area contributed by atoms with Crippen LogP contribution in [0.15, 0.2) is 140 Å². The van der Waals surface area contributed by atoms with Gasteiger partial charge in [0.05, 0.1) is 18.1 Å². The zero-order valence-corrected chi connectivity index (χ0v) is 68.4. The molecule has 2 saturated heterocycles. The third kappa shape index (κ3) is 33.3. The van der Waals surface area contributed by atoms with Gasteiger partial charge in [-0.2, -0.15) is 0 Å². The Labute approximate surface area is 619 Å². The fourth-order valence-corrected chi connectivity index (χ4v) is 11.0. The van der Waals surface area contributed by atoms with Crippen LogP contribution < -0.4 is 19.7 Å². The summed E-state index contributed by atoms with van der Waals surface area (Å²) < 4.78 is 39.5. The highest BCUT2D eigenvalue weighted by atomic mass is 19.1. The van der Waals surface area contributed by atoms with E-state index in [9.17, 15) is 8.78 Å². The third-order valence-corrected chi connectivity index (χ3v) is 18.0. The van der Waals surface area contributed by atoms with Crippen molar-refractivity contribution in [2.24, 2.45) is 0 Å². The van der Waals surface area contributed by atoms with Crippen LogP contribution in [0.4, 0.5) is 20.2 Å². The van der Waals surface area contributed by atoms with Gasteiger partial charge >= 0.3 is 0 Å². The van der Waals surface area contributed by atoms with E-state index < -0.39 is 5.41 Å². The van der Waals surface area contributed by atoms with Gasteiger partial charge in [0.25, 0.3) is 0 Å². The van der Waals surface area contributed by atoms with Crippen molar-refractivity contribution in [2.45, 2.75) is 190 Å². The van der Waals surface area contributed by atoms with Gasteiger partial charge in [0, 0.05) is 88.1 Å². The molecular weight excluding hydrogens is 1270 g/mol. The molecular formula is C88H136F2N10O2. The first kappa shape index (κ1) is 87.6. The smallest absolute Gasteiger partial charge is 0.159 e. The minimum atomic E-state index is -0.392. The second-order valence-electron chi connectivity index (χ2n) is 34.6. The number of likely N-dealkylation sites (tertiary alicyclic amines) is 1. The lowest BCUT2D eigenvalue weighted by Crippen LogP contribution is -2.44. The van der Waals surface area contributed by atoms with Crippen molar-refractivity contribution < 1.29 is 18.3 Å². The molecule has 0 aliphatic carbocycles. The minimum absolute atomic E-state index is 0.156. The SMILES string of the molecule is CC(C)(C)c1cc(F)c(NCCN2CCCCC2)cc1F.CN(C)CCOc1cccc(C(C)(C)C)c1.CN(C)CCOc1cnc(-c2ccc(C(C)(C)C)cc2)nc1.CN(C)CCc1ccc(C(C)(C)C)cc1.CN1CCN(c2cccc(C(C)(C)C)c2)CC1.Cc1cc(C(C)(C)C)ccn1. The normalized spacial score (nSPS) is 14.0. The van der Waals surface area contributed by atoms with E-state index in [1.54, 1.807) is 12.4 Å². The van der Waals surface area contributed by atoms with Gasteiger partial charge in [-0.15, -0.1) is 0 Å². The molecule has 564 valence electrons. The summed E-state index contributed by atoms with van der Waals surface area (Å²) in [6, 6.07) is 41.6.